The zero-order valence-electron chi connectivity index (χ0n) is 14.4. The minimum atomic E-state index is 0.535. The van der Waals surface area contributed by atoms with Crippen molar-refractivity contribution in [2.24, 2.45) is 0 Å². The van der Waals surface area contributed by atoms with E-state index in [4.69, 9.17) is 9.72 Å². The second-order valence-corrected chi connectivity index (χ2v) is 6.08. The molecule has 126 valence electrons. The van der Waals surface area contributed by atoms with Gasteiger partial charge in [0, 0.05) is 23.3 Å². The summed E-state index contributed by atoms with van der Waals surface area (Å²) in [6.07, 6.45) is 0. The van der Waals surface area contributed by atoms with Crippen LogP contribution in [0.25, 0.3) is 22.5 Å². The Kier molecular flexibility index (Phi) is 4.74. The predicted molar refractivity (Wildman–Crippen MR) is 106 cm³/mol. The smallest absolute Gasteiger partial charge is 0.124 e. The summed E-state index contributed by atoms with van der Waals surface area (Å²) in [6, 6.07) is 34.6. The van der Waals surface area contributed by atoms with Gasteiger partial charge in [0.25, 0.3) is 0 Å². The van der Waals surface area contributed by atoms with Gasteiger partial charge in [-0.05, 0) is 5.56 Å². The van der Waals surface area contributed by atoms with Crippen molar-refractivity contribution < 1.29 is 4.74 Å². The Hall–Kier alpha value is -3.39. The highest BCUT2D eigenvalue weighted by molar-refractivity contribution is 5.68. The monoisotopic (exact) mass is 337 g/mol. The van der Waals surface area contributed by atoms with Crippen LogP contribution in [0.3, 0.4) is 0 Å². The fourth-order valence-electron chi connectivity index (χ4n) is 2.84. The number of pyridine rings is 1. The third-order valence-electron chi connectivity index (χ3n) is 4.19. The van der Waals surface area contributed by atoms with Gasteiger partial charge in [0.1, 0.15) is 12.4 Å². The Balaban J connectivity index is 1.70. The Morgan fingerprint density at radius 3 is 1.54 bits per heavy atom. The number of nitrogens with zero attached hydrogens (tertiary/aromatic N) is 1. The molecule has 26 heavy (non-hydrogen) atoms. The summed E-state index contributed by atoms with van der Waals surface area (Å²) in [5.74, 6) is 0.821. The standard InChI is InChI=1S/C24H19NO/c1-4-10-19(11-5-1)18-26-22-16-23(20-12-6-2-7-13-20)25-24(17-22)21-14-8-3-9-15-21/h1-17H,18H2. The van der Waals surface area contributed by atoms with Gasteiger partial charge in [0.2, 0.25) is 0 Å². The van der Waals surface area contributed by atoms with Gasteiger partial charge in [0.15, 0.2) is 0 Å². The summed E-state index contributed by atoms with van der Waals surface area (Å²) in [6.45, 7) is 0.535. The van der Waals surface area contributed by atoms with Crippen molar-refractivity contribution in [3.05, 3.63) is 109 Å². The van der Waals surface area contributed by atoms with E-state index in [0.717, 1.165) is 33.8 Å². The van der Waals surface area contributed by atoms with Crippen LogP contribution in [-0.4, -0.2) is 4.98 Å². The Labute approximate surface area is 153 Å². The molecule has 0 saturated carbocycles. The van der Waals surface area contributed by atoms with Crippen LogP contribution in [0.1, 0.15) is 5.56 Å². The summed E-state index contributed by atoms with van der Waals surface area (Å²) in [5, 5.41) is 0. The van der Waals surface area contributed by atoms with E-state index in [1.165, 1.54) is 0 Å². The highest BCUT2D eigenvalue weighted by Crippen LogP contribution is 2.28. The average Bonchev–Trinajstić information content (AvgIpc) is 2.74. The molecule has 0 aliphatic rings. The van der Waals surface area contributed by atoms with Crippen LogP contribution in [-0.2, 0) is 6.61 Å². The summed E-state index contributed by atoms with van der Waals surface area (Å²) >= 11 is 0. The molecule has 0 unspecified atom stereocenters. The van der Waals surface area contributed by atoms with E-state index in [1.54, 1.807) is 0 Å². The van der Waals surface area contributed by atoms with Gasteiger partial charge in [-0.1, -0.05) is 91.0 Å². The van der Waals surface area contributed by atoms with Crippen molar-refractivity contribution in [1.29, 1.82) is 0 Å². The van der Waals surface area contributed by atoms with Gasteiger partial charge in [-0.3, -0.25) is 0 Å². The first-order valence-electron chi connectivity index (χ1n) is 8.68. The normalized spacial score (nSPS) is 10.5. The lowest BCUT2D eigenvalue weighted by atomic mass is 10.1. The zero-order chi connectivity index (χ0) is 17.6. The molecule has 0 aliphatic heterocycles. The van der Waals surface area contributed by atoms with E-state index in [0.29, 0.717) is 6.61 Å². The SMILES string of the molecule is c1ccc(COc2cc(-c3ccccc3)nc(-c3ccccc3)c2)cc1. The van der Waals surface area contributed by atoms with E-state index in [1.807, 2.05) is 66.7 Å². The van der Waals surface area contributed by atoms with Gasteiger partial charge in [-0.15, -0.1) is 0 Å². The molecule has 0 spiro atoms. The van der Waals surface area contributed by atoms with Crippen molar-refractivity contribution in [3.8, 4) is 28.3 Å². The number of benzene rings is 3. The highest BCUT2D eigenvalue weighted by atomic mass is 16.5. The number of aromatic nitrogens is 1. The molecular formula is C24H19NO. The van der Waals surface area contributed by atoms with Crippen LogP contribution in [0.5, 0.6) is 5.75 Å². The van der Waals surface area contributed by atoms with Crippen molar-refractivity contribution in [3.63, 3.8) is 0 Å². The topological polar surface area (TPSA) is 22.1 Å². The van der Waals surface area contributed by atoms with Crippen LogP contribution in [0, 0.1) is 0 Å². The fourth-order valence-corrected chi connectivity index (χ4v) is 2.84. The summed E-state index contributed by atoms with van der Waals surface area (Å²) in [7, 11) is 0. The van der Waals surface area contributed by atoms with Crippen LogP contribution >= 0.6 is 0 Å². The summed E-state index contributed by atoms with van der Waals surface area (Å²) < 4.78 is 6.08. The fraction of sp³-hybridized carbons (Fsp3) is 0.0417. The second kappa shape index (κ2) is 7.66. The lowest BCUT2D eigenvalue weighted by Gasteiger charge is -2.11. The number of ether oxygens (including phenoxy) is 1. The van der Waals surface area contributed by atoms with Gasteiger partial charge in [-0.25, -0.2) is 4.98 Å². The van der Waals surface area contributed by atoms with E-state index in [-0.39, 0.29) is 0 Å². The molecule has 0 bridgehead atoms. The van der Waals surface area contributed by atoms with Crippen molar-refractivity contribution in [2.75, 3.05) is 0 Å². The zero-order valence-corrected chi connectivity index (χ0v) is 14.4. The molecule has 0 N–H and O–H groups in total. The van der Waals surface area contributed by atoms with Gasteiger partial charge in [0.05, 0.1) is 11.4 Å². The van der Waals surface area contributed by atoms with Crippen molar-refractivity contribution in [2.45, 2.75) is 6.61 Å². The van der Waals surface area contributed by atoms with E-state index < -0.39 is 0 Å². The lowest BCUT2D eigenvalue weighted by Crippen LogP contribution is -1.97. The van der Waals surface area contributed by atoms with Crippen LogP contribution < -0.4 is 4.74 Å². The molecule has 0 saturated heterocycles. The van der Waals surface area contributed by atoms with Crippen molar-refractivity contribution >= 4 is 0 Å². The maximum Gasteiger partial charge on any atom is 0.124 e. The predicted octanol–water partition coefficient (Wildman–Crippen LogP) is 5.99. The maximum absolute atomic E-state index is 6.08. The van der Waals surface area contributed by atoms with E-state index >= 15 is 0 Å². The molecule has 0 aliphatic carbocycles. The molecule has 0 radical (unpaired) electrons. The third-order valence-corrected chi connectivity index (χ3v) is 4.19. The van der Waals surface area contributed by atoms with Crippen LogP contribution in [0.4, 0.5) is 0 Å². The number of rotatable bonds is 5. The van der Waals surface area contributed by atoms with Gasteiger partial charge < -0.3 is 4.74 Å². The van der Waals surface area contributed by atoms with Crippen LogP contribution in [0.2, 0.25) is 0 Å². The minimum Gasteiger partial charge on any atom is -0.489 e. The molecule has 1 heterocycles. The van der Waals surface area contributed by atoms with Crippen LogP contribution in [0.15, 0.2) is 103 Å². The Morgan fingerprint density at radius 1 is 0.577 bits per heavy atom. The summed E-state index contributed by atoms with van der Waals surface area (Å²) in [5.41, 5.74) is 5.13. The van der Waals surface area contributed by atoms with Gasteiger partial charge in [-0.2, -0.15) is 0 Å². The quantitative estimate of drug-likeness (QED) is 0.446. The van der Waals surface area contributed by atoms with Gasteiger partial charge >= 0.3 is 0 Å². The molecular weight excluding hydrogens is 318 g/mol. The lowest BCUT2D eigenvalue weighted by molar-refractivity contribution is 0.306. The molecule has 0 fully saturated rings. The molecule has 4 rings (SSSR count). The molecule has 0 atom stereocenters. The molecule has 2 nitrogen and oxygen atoms in total. The second-order valence-electron chi connectivity index (χ2n) is 6.08. The first kappa shape index (κ1) is 16.1. The largest absolute Gasteiger partial charge is 0.489 e. The van der Waals surface area contributed by atoms with E-state index in [2.05, 4.69) is 36.4 Å². The van der Waals surface area contributed by atoms with E-state index in [9.17, 15) is 0 Å². The van der Waals surface area contributed by atoms with Crippen molar-refractivity contribution in [1.82, 2.24) is 4.98 Å². The molecule has 0 amide bonds. The number of hydrogen-bond donors (Lipinski definition) is 0. The first-order valence-corrected chi connectivity index (χ1v) is 8.68. The molecule has 2 heteroatoms. The highest BCUT2D eigenvalue weighted by Gasteiger charge is 2.08. The summed E-state index contributed by atoms with van der Waals surface area (Å²) in [4.78, 5) is 4.85. The first-order chi connectivity index (χ1) is 12.9. The molecule has 3 aromatic carbocycles. The maximum atomic E-state index is 6.08. The number of hydrogen-bond acceptors (Lipinski definition) is 2. The molecule has 4 aromatic rings. The average molecular weight is 337 g/mol. The minimum absolute atomic E-state index is 0.535. The Morgan fingerprint density at radius 2 is 1.04 bits per heavy atom. The molecule has 1 aromatic heterocycles. The third kappa shape index (κ3) is 3.81. The Bertz CT molecular complexity index is 909.